The first-order valence-corrected chi connectivity index (χ1v) is 22.6. The van der Waals surface area contributed by atoms with E-state index in [-0.39, 0.29) is 16.7 Å². The van der Waals surface area contributed by atoms with Gasteiger partial charge in [0.1, 0.15) is 0 Å². The van der Waals surface area contributed by atoms with Gasteiger partial charge in [0.2, 0.25) is 0 Å². The molecule has 0 amide bonds. The Morgan fingerprint density at radius 3 is 0.833 bits per heavy atom. The molecule has 54 heavy (non-hydrogen) atoms. The summed E-state index contributed by atoms with van der Waals surface area (Å²) >= 11 is 0. The van der Waals surface area contributed by atoms with Gasteiger partial charge in [0.25, 0.3) is 0 Å². The van der Waals surface area contributed by atoms with E-state index in [4.69, 9.17) is 0 Å². The molecule has 0 saturated carbocycles. The summed E-state index contributed by atoms with van der Waals surface area (Å²) in [6, 6.07) is 52.9. The van der Waals surface area contributed by atoms with Gasteiger partial charge in [0.15, 0.2) is 0 Å². The maximum Gasteiger partial charge on any atom is 0.0190 e. The average molecular weight is 747 g/mol. The first-order chi connectivity index (χ1) is 25.8. The molecule has 2 unspecified atom stereocenters. The van der Waals surface area contributed by atoms with Crippen LogP contribution < -0.4 is 21.2 Å². The second-order valence-corrected chi connectivity index (χ2v) is 20.9. The van der Waals surface area contributed by atoms with E-state index in [0.717, 1.165) is 6.42 Å². The zero-order chi connectivity index (χ0) is 38.7. The molecule has 0 aliphatic carbocycles. The minimum atomic E-state index is -0.882. The van der Waals surface area contributed by atoms with Gasteiger partial charge in [-0.3, -0.25) is 0 Å². The molecule has 0 radical (unpaired) electrons. The van der Waals surface area contributed by atoms with Crippen LogP contribution in [0.3, 0.4) is 0 Å². The Hall–Kier alpha value is -3.82. The van der Waals surface area contributed by atoms with Crippen molar-refractivity contribution >= 4 is 37.1 Å². The Morgan fingerprint density at radius 2 is 0.630 bits per heavy atom. The van der Waals surface area contributed by atoms with Crippen LogP contribution in [-0.4, -0.2) is 0 Å². The summed E-state index contributed by atoms with van der Waals surface area (Å²) in [4.78, 5) is 0. The lowest BCUT2D eigenvalue weighted by molar-refractivity contribution is 0.162. The van der Waals surface area contributed by atoms with E-state index in [1.54, 1.807) is 0 Å². The molecule has 0 aliphatic rings. The van der Waals surface area contributed by atoms with Gasteiger partial charge in [0, 0.05) is 11.3 Å². The Balaban J connectivity index is 1.81. The molecule has 2 heteroatoms. The molecule has 6 aromatic carbocycles. The second kappa shape index (κ2) is 16.9. The van der Waals surface area contributed by atoms with Gasteiger partial charge >= 0.3 is 0 Å². The molecule has 0 aromatic heterocycles. The summed E-state index contributed by atoms with van der Waals surface area (Å²) in [6.07, 6.45) is 1.05. The van der Waals surface area contributed by atoms with Crippen LogP contribution in [0.2, 0.25) is 0 Å². The third-order valence-electron chi connectivity index (χ3n) is 11.4. The van der Waals surface area contributed by atoms with E-state index in [1.165, 1.54) is 76.9 Å². The molecule has 6 rings (SSSR count). The molecule has 6 aromatic rings. The zero-order valence-electron chi connectivity index (χ0n) is 34.5. The van der Waals surface area contributed by atoms with Crippen molar-refractivity contribution in [3.8, 4) is 0 Å². The molecule has 0 spiro atoms. The zero-order valence-corrected chi connectivity index (χ0v) is 36.3. The minimum absolute atomic E-state index is 0.148. The van der Waals surface area contributed by atoms with Gasteiger partial charge in [-0.2, -0.15) is 0 Å². The average Bonchev–Trinajstić information content (AvgIpc) is 3.10. The van der Waals surface area contributed by atoms with E-state index in [1.807, 2.05) is 0 Å². The molecule has 0 saturated heterocycles. The van der Waals surface area contributed by atoms with Crippen LogP contribution in [0.1, 0.15) is 94.1 Å². The monoisotopic (exact) mass is 746 g/mol. The lowest BCUT2D eigenvalue weighted by Gasteiger charge is -2.55. The molecule has 0 heterocycles. The standard InChI is InChI=1S/C52H60P2/c1-12-52(35(2)3,50(44-19-15-13-16-20-44)53(46-27-36(4)23-37(5)28-46)47-29-38(6)24-39(7)30-47)51(45-21-17-14-18-22-45)54(48-31-40(8)25-41(9)32-48)49-33-42(10)26-43(11)34-49/h13-35,50-51H,12H2,1-11H3. The van der Waals surface area contributed by atoms with Gasteiger partial charge in [-0.15, -0.1) is 0 Å². The topological polar surface area (TPSA) is 0 Å². The minimum Gasteiger partial charge on any atom is -0.0648 e. The summed E-state index contributed by atoms with van der Waals surface area (Å²) in [6.45, 7) is 25.9. The van der Waals surface area contributed by atoms with Crippen molar-refractivity contribution in [1.29, 1.82) is 0 Å². The summed E-state index contributed by atoms with van der Waals surface area (Å²) in [5.74, 6) is 0.363. The first kappa shape index (κ1) is 39.9. The van der Waals surface area contributed by atoms with Crippen LogP contribution in [0.4, 0.5) is 0 Å². The van der Waals surface area contributed by atoms with Crippen molar-refractivity contribution in [2.24, 2.45) is 11.3 Å². The second-order valence-electron chi connectivity index (χ2n) is 16.4. The molecular formula is C52H60P2. The van der Waals surface area contributed by atoms with E-state index in [9.17, 15) is 0 Å². The van der Waals surface area contributed by atoms with Crippen molar-refractivity contribution in [3.05, 3.63) is 189 Å². The van der Waals surface area contributed by atoms with Gasteiger partial charge in [-0.05, 0) is 121 Å². The van der Waals surface area contributed by atoms with Crippen molar-refractivity contribution < 1.29 is 0 Å². The molecule has 0 bridgehead atoms. The number of hydrogen-bond acceptors (Lipinski definition) is 0. The van der Waals surface area contributed by atoms with E-state index in [2.05, 4.69) is 210 Å². The fourth-order valence-corrected chi connectivity index (χ4v) is 17.3. The van der Waals surface area contributed by atoms with Crippen LogP contribution >= 0.6 is 15.8 Å². The highest BCUT2D eigenvalue weighted by atomic mass is 31.1. The Kier molecular flexibility index (Phi) is 12.5. The highest BCUT2D eigenvalue weighted by Crippen LogP contribution is 2.72. The van der Waals surface area contributed by atoms with Crippen LogP contribution in [0.15, 0.2) is 133 Å². The smallest absolute Gasteiger partial charge is 0.0190 e. The van der Waals surface area contributed by atoms with Crippen LogP contribution in [-0.2, 0) is 0 Å². The van der Waals surface area contributed by atoms with Crippen molar-refractivity contribution in [2.75, 3.05) is 0 Å². The molecule has 0 nitrogen and oxygen atoms in total. The molecule has 0 N–H and O–H groups in total. The molecular weight excluding hydrogens is 687 g/mol. The highest BCUT2D eigenvalue weighted by molar-refractivity contribution is 7.74. The summed E-state index contributed by atoms with van der Waals surface area (Å²) in [5, 5.41) is 5.92. The fourth-order valence-electron chi connectivity index (χ4n) is 9.50. The SMILES string of the molecule is CCC(C(C)C)(C(c1ccccc1)P(c1cc(C)cc(C)c1)c1cc(C)cc(C)c1)C(c1ccccc1)P(c1cc(C)cc(C)c1)c1cc(C)cc(C)c1. The molecule has 0 aliphatic heterocycles. The van der Waals surface area contributed by atoms with E-state index < -0.39 is 15.8 Å². The third kappa shape index (κ3) is 8.37. The van der Waals surface area contributed by atoms with E-state index >= 15 is 0 Å². The number of rotatable bonds is 12. The number of aryl methyl sites for hydroxylation is 8. The Morgan fingerprint density at radius 1 is 0.389 bits per heavy atom. The lowest BCUT2D eigenvalue weighted by Crippen LogP contribution is -2.43. The summed E-state index contributed by atoms with van der Waals surface area (Å²) < 4.78 is 0. The molecule has 278 valence electrons. The summed E-state index contributed by atoms with van der Waals surface area (Å²) in [7, 11) is -1.76. The predicted octanol–water partition coefficient (Wildman–Crippen LogP) is 13.3. The van der Waals surface area contributed by atoms with Crippen LogP contribution in [0.5, 0.6) is 0 Å². The van der Waals surface area contributed by atoms with Crippen molar-refractivity contribution in [3.63, 3.8) is 0 Å². The number of hydrogen-bond donors (Lipinski definition) is 0. The third-order valence-corrected chi connectivity index (χ3v) is 17.2. The predicted molar refractivity (Wildman–Crippen MR) is 242 cm³/mol. The molecule has 2 atom stereocenters. The lowest BCUT2D eigenvalue weighted by atomic mass is 9.66. The molecule has 0 fully saturated rings. The van der Waals surface area contributed by atoms with E-state index in [0.29, 0.717) is 5.92 Å². The Bertz CT molecular complexity index is 1860. The van der Waals surface area contributed by atoms with Crippen LogP contribution in [0.25, 0.3) is 0 Å². The first-order valence-electron chi connectivity index (χ1n) is 19.8. The fraction of sp³-hybridized carbons (Fsp3) is 0.308. The van der Waals surface area contributed by atoms with Gasteiger partial charge in [-0.1, -0.05) is 199 Å². The van der Waals surface area contributed by atoms with Gasteiger partial charge in [-0.25, -0.2) is 0 Å². The number of benzene rings is 6. The normalized spacial score (nSPS) is 14.0. The quantitative estimate of drug-likeness (QED) is 0.109. The Labute approximate surface area is 330 Å². The van der Waals surface area contributed by atoms with Gasteiger partial charge in [0.05, 0.1) is 0 Å². The maximum absolute atomic E-state index is 2.54. The van der Waals surface area contributed by atoms with Gasteiger partial charge < -0.3 is 0 Å². The van der Waals surface area contributed by atoms with Crippen molar-refractivity contribution in [1.82, 2.24) is 0 Å². The largest absolute Gasteiger partial charge is 0.0648 e. The maximum atomic E-state index is 2.54. The van der Waals surface area contributed by atoms with Crippen LogP contribution in [0, 0.1) is 66.7 Å². The summed E-state index contributed by atoms with van der Waals surface area (Å²) in [5.41, 5.74) is 13.9. The van der Waals surface area contributed by atoms with Crippen molar-refractivity contribution in [2.45, 2.75) is 93.9 Å². The highest BCUT2D eigenvalue weighted by Gasteiger charge is 2.54.